The van der Waals surface area contributed by atoms with Crippen LogP contribution in [0.4, 0.5) is 0 Å². The molecule has 1 aromatic rings. The highest BCUT2D eigenvalue weighted by molar-refractivity contribution is 8.29. The molecule has 4 nitrogen and oxygen atoms in total. The summed E-state index contributed by atoms with van der Waals surface area (Å²) < 4.78 is 0.889. The Morgan fingerprint density at radius 3 is 2.64 bits per heavy atom. The molecule has 0 unspecified atom stereocenters. The van der Waals surface area contributed by atoms with Gasteiger partial charge < -0.3 is 5.11 Å². The van der Waals surface area contributed by atoms with Crippen molar-refractivity contribution in [1.82, 2.24) is 10.2 Å². The second-order valence-electron chi connectivity index (χ2n) is 3.75. The maximum Gasteiger partial charge on any atom is 0.310 e. The van der Waals surface area contributed by atoms with E-state index in [4.69, 9.17) is 5.11 Å². The number of nitrogens with zero attached hydrogens (tertiary/aromatic N) is 2. The zero-order valence-electron chi connectivity index (χ0n) is 8.27. The molecule has 0 fully saturated rings. The molecule has 0 spiro atoms. The largest absolute Gasteiger partial charge is 0.481 e. The fraction of sp³-hybridized carbons (Fsp3) is 0.571. The summed E-state index contributed by atoms with van der Waals surface area (Å²) in [5, 5.41) is 16.9. The lowest BCUT2D eigenvalue weighted by Gasteiger charge is -2.10. The van der Waals surface area contributed by atoms with Crippen molar-refractivity contribution >= 4 is 35.7 Å². The van der Waals surface area contributed by atoms with E-state index >= 15 is 0 Å². The number of carboxylic acids is 1. The number of carboxylic acid groups (broad SMARTS) is 1. The Labute approximate surface area is 91.4 Å². The molecule has 0 saturated carbocycles. The average Bonchev–Trinajstić information content (AvgIpc) is 2.30. The molecular formula is C7H12N2O2S2Si. The minimum absolute atomic E-state index is 0.0239. The van der Waals surface area contributed by atoms with E-state index in [1.165, 1.54) is 11.3 Å². The Hall–Kier alpha value is -0.403. The smallest absolute Gasteiger partial charge is 0.310 e. The summed E-state index contributed by atoms with van der Waals surface area (Å²) in [6.07, 6.45) is -0.0239. The topological polar surface area (TPSA) is 63.1 Å². The van der Waals surface area contributed by atoms with Gasteiger partial charge in [0.2, 0.25) is 0 Å². The van der Waals surface area contributed by atoms with E-state index in [9.17, 15) is 4.79 Å². The first kappa shape index (κ1) is 11.7. The van der Waals surface area contributed by atoms with Gasteiger partial charge >= 0.3 is 5.97 Å². The molecule has 1 rings (SSSR count). The van der Waals surface area contributed by atoms with Crippen LogP contribution in [-0.2, 0) is 11.2 Å². The number of hydrogen-bond acceptors (Lipinski definition) is 5. The summed E-state index contributed by atoms with van der Waals surface area (Å²) in [5.41, 5.74) is 0. The van der Waals surface area contributed by atoms with Crippen molar-refractivity contribution in [2.45, 2.75) is 30.4 Å². The predicted molar refractivity (Wildman–Crippen MR) is 60.5 cm³/mol. The molecule has 0 bridgehead atoms. The van der Waals surface area contributed by atoms with Crippen molar-refractivity contribution in [2.24, 2.45) is 0 Å². The molecule has 0 saturated heterocycles. The molecule has 0 amide bonds. The van der Waals surface area contributed by atoms with Crippen molar-refractivity contribution in [3.8, 4) is 0 Å². The molecule has 14 heavy (non-hydrogen) atoms. The molecule has 0 aromatic carbocycles. The molecule has 7 heteroatoms. The van der Waals surface area contributed by atoms with Gasteiger partial charge in [0, 0.05) is 0 Å². The van der Waals surface area contributed by atoms with Crippen LogP contribution in [0.1, 0.15) is 5.01 Å². The van der Waals surface area contributed by atoms with E-state index in [2.05, 4.69) is 29.8 Å². The quantitative estimate of drug-likeness (QED) is 0.827. The van der Waals surface area contributed by atoms with Gasteiger partial charge in [0.1, 0.15) is 12.2 Å². The Morgan fingerprint density at radius 2 is 2.14 bits per heavy atom. The van der Waals surface area contributed by atoms with Crippen LogP contribution in [0.15, 0.2) is 4.34 Å². The van der Waals surface area contributed by atoms with Gasteiger partial charge in [-0.2, -0.15) is 0 Å². The maximum absolute atomic E-state index is 10.4. The van der Waals surface area contributed by atoms with E-state index in [1.807, 2.05) is 0 Å². The zero-order valence-corrected chi connectivity index (χ0v) is 10.9. The lowest BCUT2D eigenvalue weighted by atomic mass is 10.5. The molecule has 1 aromatic heterocycles. The van der Waals surface area contributed by atoms with Crippen LogP contribution < -0.4 is 0 Å². The summed E-state index contributed by atoms with van der Waals surface area (Å²) in [4.78, 5) is 10.4. The highest BCUT2D eigenvalue weighted by atomic mass is 32.4. The summed E-state index contributed by atoms with van der Waals surface area (Å²) in [6, 6.07) is 0. The SMILES string of the molecule is C[Si](C)(C)Sc1nnc(CC(=O)O)s1. The number of rotatable bonds is 4. The van der Waals surface area contributed by atoms with Gasteiger partial charge in [0.25, 0.3) is 0 Å². The van der Waals surface area contributed by atoms with E-state index in [0.717, 1.165) is 4.34 Å². The molecule has 0 aliphatic rings. The van der Waals surface area contributed by atoms with Crippen LogP contribution in [0, 0.1) is 0 Å². The van der Waals surface area contributed by atoms with Gasteiger partial charge in [-0.1, -0.05) is 31.0 Å². The van der Waals surface area contributed by atoms with Crippen LogP contribution in [0.5, 0.6) is 0 Å². The maximum atomic E-state index is 10.4. The van der Waals surface area contributed by atoms with Crippen LogP contribution >= 0.6 is 22.5 Å². The standard InChI is InChI=1S/C7H12N2O2S2Si/c1-14(2,3)13-7-9-8-5(12-7)4-6(10)11/h4H2,1-3H3,(H,10,11). The minimum Gasteiger partial charge on any atom is -0.481 e. The number of aromatic nitrogens is 2. The highest BCUT2D eigenvalue weighted by Crippen LogP contribution is 2.31. The normalized spacial score (nSPS) is 11.6. The number of carbonyl (C=O) groups is 1. The van der Waals surface area contributed by atoms with E-state index in [0.29, 0.717) is 5.01 Å². The van der Waals surface area contributed by atoms with Crippen molar-refractivity contribution in [2.75, 3.05) is 0 Å². The van der Waals surface area contributed by atoms with E-state index in [1.54, 1.807) is 11.2 Å². The lowest BCUT2D eigenvalue weighted by molar-refractivity contribution is -0.136. The third-order valence-electron chi connectivity index (χ3n) is 1.14. The first-order valence-corrected chi connectivity index (χ1v) is 9.96. The molecule has 0 aliphatic carbocycles. The monoisotopic (exact) mass is 248 g/mol. The van der Waals surface area contributed by atoms with Crippen molar-refractivity contribution in [3.05, 3.63) is 5.01 Å². The lowest BCUT2D eigenvalue weighted by Crippen LogP contribution is -2.13. The third kappa shape index (κ3) is 4.21. The first-order chi connectivity index (χ1) is 6.37. The second kappa shape index (κ2) is 4.41. The van der Waals surface area contributed by atoms with Gasteiger partial charge in [0.05, 0.1) is 6.42 Å². The first-order valence-electron chi connectivity index (χ1n) is 4.10. The van der Waals surface area contributed by atoms with Gasteiger partial charge in [-0.15, -0.1) is 21.4 Å². The zero-order chi connectivity index (χ0) is 10.8. The van der Waals surface area contributed by atoms with Crippen molar-refractivity contribution in [1.29, 1.82) is 0 Å². The van der Waals surface area contributed by atoms with Crippen LogP contribution in [0.3, 0.4) is 0 Å². The molecule has 1 N–H and O–H groups in total. The molecule has 0 aliphatic heterocycles. The van der Waals surface area contributed by atoms with Crippen LogP contribution in [0.25, 0.3) is 0 Å². The Morgan fingerprint density at radius 1 is 1.50 bits per heavy atom. The summed E-state index contributed by atoms with van der Waals surface area (Å²) in [6.45, 7) is 6.65. The van der Waals surface area contributed by atoms with E-state index < -0.39 is 13.2 Å². The Bertz CT molecular complexity index is 335. The van der Waals surface area contributed by atoms with Crippen LogP contribution in [-0.4, -0.2) is 28.5 Å². The fourth-order valence-corrected chi connectivity index (χ4v) is 6.68. The Kier molecular flexibility index (Phi) is 3.68. The van der Waals surface area contributed by atoms with Gasteiger partial charge in [-0.25, -0.2) is 0 Å². The average molecular weight is 248 g/mol. The second-order valence-corrected chi connectivity index (χ2v) is 14.2. The fourth-order valence-electron chi connectivity index (χ4n) is 0.742. The summed E-state index contributed by atoms with van der Waals surface area (Å²) >= 11 is 3.12. The molecule has 78 valence electrons. The highest BCUT2D eigenvalue weighted by Gasteiger charge is 2.18. The van der Waals surface area contributed by atoms with Crippen LogP contribution in [0.2, 0.25) is 19.6 Å². The van der Waals surface area contributed by atoms with Gasteiger partial charge in [0.15, 0.2) is 4.34 Å². The molecule has 0 radical (unpaired) electrons. The Balaban J connectivity index is 2.64. The predicted octanol–water partition coefficient (Wildman–Crippen LogP) is 2.09. The minimum atomic E-state index is -1.25. The third-order valence-corrected chi connectivity index (χ3v) is 6.09. The summed E-state index contributed by atoms with van der Waals surface area (Å²) in [7, 11) is -1.25. The summed E-state index contributed by atoms with van der Waals surface area (Å²) in [5.74, 6) is -0.856. The van der Waals surface area contributed by atoms with E-state index in [-0.39, 0.29) is 6.42 Å². The number of aliphatic carboxylic acids is 1. The van der Waals surface area contributed by atoms with Gasteiger partial charge in [-0.05, 0) is 0 Å². The molecular weight excluding hydrogens is 236 g/mol. The van der Waals surface area contributed by atoms with Gasteiger partial charge in [-0.3, -0.25) is 4.79 Å². The van der Waals surface area contributed by atoms with Crippen molar-refractivity contribution < 1.29 is 9.90 Å². The molecule has 0 atom stereocenters. The van der Waals surface area contributed by atoms with Crippen molar-refractivity contribution in [3.63, 3.8) is 0 Å². The number of hydrogen-bond donors (Lipinski definition) is 1. The molecule has 1 heterocycles.